The Morgan fingerprint density at radius 1 is 1.17 bits per heavy atom. The first kappa shape index (κ1) is 17.9. The van der Waals surface area contributed by atoms with Crippen molar-refractivity contribution in [1.82, 2.24) is 24.6 Å². The van der Waals surface area contributed by atoms with Crippen LogP contribution in [0.15, 0.2) is 36.8 Å². The van der Waals surface area contributed by atoms with Gasteiger partial charge in [0.2, 0.25) is 0 Å². The van der Waals surface area contributed by atoms with Gasteiger partial charge >= 0.3 is 0 Å². The monoisotopic (exact) mass is 392 g/mol. The van der Waals surface area contributed by atoms with E-state index in [1.165, 1.54) is 11.1 Å². The summed E-state index contributed by atoms with van der Waals surface area (Å²) in [5, 5.41) is 2.65. The van der Waals surface area contributed by atoms with Gasteiger partial charge < -0.3 is 15.0 Å². The molecule has 29 heavy (non-hydrogen) atoms. The molecule has 0 saturated carbocycles. The Hall–Kier alpha value is -3.13. The van der Waals surface area contributed by atoms with Gasteiger partial charge in [0.1, 0.15) is 17.3 Å². The summed E-state index contributed by atoms with van der Waals surface area (Å²) in [6.45, 7) is 5.44. The third kappa shape index (κ3) is 3.40. The van der Waals surface area contributed by atoms with Crippen molar-refractivity contribution in [2.75, 3.05) is 44.7 Å². The van der Waals surface area contributed by atoms with Crippen LogP contribution in [0.3, 0.4) is 0 Å². The Labute approximate surface area is 169 Å². The number of hydrogen-bond acceptors (Lipinski definition) is 6. The van der Waals surface area contributed by atoms with E-state index in [1.807, 2.05) is 6.20 Å². The summed E-state index contributed by atoms with van der Waals surface area (Å²) in [5.74, 6) is 1.76. The van der Waals surface area contributed by atoms with Gasteiger partial charge in [-0.1, -0.05) is 12.1 Å². The van der Waals surface area contributed by atoms with Gasteiger partial charge in [-0.05, 0) is 17.2 Å². The Bertz CT molecular complexity index is 1050. The van der Waals surface area contributed by atoms with Crippen LogP contribution in [0.2, 0.25) is 0 Å². The van der Waals surface area contributed by atoms with Crippen molar-refractivity contribution in [3.63, 3.8) is 0 Å². The van der Waals surface area contributed by atoms with Crippen LogP contribution in [0.25, 0.3) is 5.65 Å². The highest BCUT2D eigenvalue weighted by molar-refractivity contribution is 5.93. The number of nitrogens with one attached hydrogen (secondary N) is 1. The van der Waals surface area contributed by atoms with Crippen molar-refractivity contribution in [3.05, 3.63) is 53.6 Å². The van der Waals surface area contributed by atoms with Crippen LogP contribution in [0.4, 0.5) is 5.82 Å². The van der Waals surface area contributed by atoms with Crippen molar-refractivity contribution in [2.24, 2.45) is 0 Å². The van der Waals surface area contributed by atoms with Gasteiger partial charge in [-0.15, -0.1) is 0 Å². The van der Waals surface area contributed by atoms with E-state index in [-0.39, 0.29) is 5.91 Å². The second-order valence-electron chi connectivity index (χ2n) is 7.50. The number of aromatic nitrogens is 3. The molecule has 0 atom stereocenters. The number of amides is 1. The van der Waals surface area contributed by atoms with Crippen molar-refractivity contribution < 1.29 is 9.53 Å². The molecule has 1 aromatic carbocycles. The number of carbonyl (C=O) groups excluding carboxylic acids is 1. The summed E-state index contributed by atoms with van der Waals surface area (Å²) in [7, 11) is 1.62. The molecule has 4 heterocycles. The molecule has 1 N–H and O–H groups in total. The molecule has 1 fully saturated rings. The van der Waals surface area contributed by atoms with Crippen LogP contribution in [-0.4, -0.2) is 65.0 Å². The second-order valence-corrected chi connectivity index (χ2v) is 7.50. The first-order chi connectivity index (χ1) is 14.2. The molecule has 0 unspecified atom stereocenters. The lowest BCUT2D eigenvalue weighted by Crippen LogP contribution is -2.46. The second kappa shape index (κ2) is 7.36. The van der Waals surface area contributed by atoms with Gasteiger partial charge in [-0.2, -0.15) is 0 Å². The fourth-order valence-electron chi connectivity index (χ4n) is 4.04. The molecule has 5 rings (SSSR count). The molecular formula is C21H24N6O2. The van der Waals surface area contributed by atoms with Gasteiger partial charge in [0.05, 0.1) is 25.2 Å². The summed E-state index contributed by atoms with van der Waals surface area (Å²) in [4.78, 5) is 25.6. The minimum atomic E-state index is -0.155. The standard InChI is InChI=1S/C21H24N6O2/c1-22-21(28)17-11-23-19-12-24-20(14-27(17)19)26-7-5-25(6-8-26)13-15-2-3-16-4-9-29-18(16)10-15/h2-3,10-12,14H,4-9,13H2,1H3,(H,22,28). The highest BCUT2D eigenvalue weighted by Gasteiger charge is 2.20. The fourth-order valence-corrected chi connectivity index (χ4v) is 4.04. The predicted molar refractivity (Wildman–Crippen MR) is 110 cm³/mol. The van der Waals surface area contributed by atoms with E-state index < -0.39 is 0 Å². The van der Waals surface area contributed by atoms with E-state index in [4.69, 9.17) is 4.74 Å². The number of rotatable bonds is 4. The Balaban J connectivity index is 1.26. The van der Waals surface area contributed by atoms with Gasteiger partial charge in [-0.25, -0.2) is 9.97 Å². The van der Waals surface area contributed by atoms with Gasteiger partial charge in [0, 0.05) is 46.2 Å². The van der Waals surface area contributed by atoms with E-state index in [9.17, 15) is 4.79 Å². The smallest absolute Gasteiger partial charge is 0.269 e. The number of benzene rings is 1. The summed E-state index contributed by atoms with van der Waals surface area (Å²) in [5.41, 5.74) is 3.80. The molecular weight excluding hydrogens is 368 g/mol. The molecule has 3 aromatic rings. The molecule has 2 aromatic heterocycles. The molecule has 8 heteroatoms. The normalized spacial score (nSPS) is 16.7. The van der Waals surface area contributed by atoms with E-state index in [0.717, 1.165) is 57.3 Å². The molecule has 8 nitrogen and oxygen atoms in total. The van der Waals surface area contributed by atoms with Gasteiger partial charge in [0.25, 0.3) is 5.91 Å². The average Bonchev–Trinajstić information content (AvgIpc) is 3.39. The zero-order valence-corrected chi connectivity index (χ0v) is 16.5. The van der Waals surface area contributed by atoms with E-state index in [0.29, 0.717) is 11.3 Å². The third-order valence-corrected chi connectivity index (χ3v) is 5.71. The average molecular weight is 392 g/mol. The molecule has 0 bridgehead atoms. The van der Waals surface area contributed by atoms with Crippen molar-refractivity contribution in [1.29, 1.82) is 0 Å². The van der Waals surface area contributed by atoms with Crippen LogP contribution in [0.5, 0.6) is 5.75 Å². The molecule has 1 amide bonds. The van der Waals surface area contributed by atoms with Crippen LogP contribution >= 0.6 is 0 Å². The summed E-state index contributed by atoms with van der Waals surface area (Å²) in [6.07, 6.45) is 6.22. The lowest BCUT2D eigenvalue weighted by Gasteiger charge is -2.35. The predicted octanol–water partition coefficient (Wildman–Crippen LogP) is 1.35. The van der Waals surface area contributed by atoms with Crippen LogP contribution in [0, 0.1) is 0 Å². The van der Waals surface area contributed by atoms with Crippen LogP contribution < -0.4 is 15.0 Å². The molecule has 1 saturated heterocycles. The van der Waals surface area contributed by atoms with E-state index in [2.05, 4.69) is 43.3 Å². The molecule has 2 aliphatic heterocycles. The highest BCUT2D eigenvalue weighted by Crippen LogP contribution is 2.27. The minimum Gasteiger partial charge on any atom is -0.493 e. The van der Waals surface area contributed by atoms with Crippen LogP contribution in [0.1, 0.15) is 21.6 Å². The third-order valence-electron chi connectivity index (χ3n) is 5.71. The molecule has 2 aliphatic rings. The maximum absolute atomic E-state index is 12.0. The first-order valence-corrected chi connectivity index (χ1v) is 9.98. The first-order valence-electron chi connectivity index (χ1n) is 9.98. The highest BCUT2D eigenvalue weighted by atomic mass is 16.5. The quantitative estimate of drug-likeness (QED) is 0.722. The number of piperazine rings is 1. The summed E-state index contributed by atoms with van der Waals surface area (Å²) in [6, 6.07) is 6.60. The number of fused-ring (bicyclic) bond motifs is 2. The zero-order chi connectivity index (χ0) is 19.8. The summed E-state index contributed by atoms with van der Waals surface area (Å²) < 4.78 is 7.50. The summed E-state index contributed by atoms with van der Waals surface area (Å²) >= 11 is 0. The minimum absolute atomic E-state index is 0.155. The van der Waals surface area contributed by atoms with Gasteiger partial charge in [0.15, 0.2) is 5.65 Å². The molecule has 0 spiro atoms. The van der Waals surface area contributed by atoms with Crippen molar-refractivity contribution in [2.45, 2.75) is 13.0 Å². The number of hydrogen-bond donors (Lipinski definition) is 1. The molecule has 0 aliphatic carbocycles. The number of anilines is 1. The Kier molecular flexibility index (Phi) is 4.55. The van der Waals surface area contributed by atoms with E-state index in [1.54, 1.807) is 23.8 Å². The van der Waals surface area contributed by atoms with Crippen molar-refractivity contribution in [3.8, 4) is 5.75 Å². The largest absolute Gasteiger partial charge is 0.493 e. The lowest BCUT2D eigenvalue weighted by atomic mass is 10.1. The SMILES string of the molecule is CNC(=O)c1cnc2cnc(N3CCN(Cc4ccc5c(c4)OCC5)CC3)cn12. The fraction of sp³-hybridized carbons (Fsp3) is 0.381. The Morgan fingerprint density at radius 3 is 2.86 bits per heavy atom. The number of imidazole rings is 1. The molecule has 0 radical (unpaired) electrons. The number of ether oxygens (including phenoxy) is 1. The number of carbonyl (C=O) groups is 1. The molecule has 150 valence electrons. The Morgan fingerprint density at radius 2 is 2.03 bits per heavy atom. The topological polar surface area (TPSA) is 75.0 Å². The maximum Gasteiger partial charge on any atom is 0.269 e. The van der Waals surface area contributed by atoms with Crippen molar-refractivity contribution >= 4 is 17.4 Å². The van der Waals surface area contributed by atoms with Crippen LogP contribution in [-0.2, 0) is 13.0 Å². The van der Waals surface area contributed by atoms with E-state index >= 15 is 0 Å². The zero-order valence-electron chi connectivity index (χ0n) is 16.5. The lowest BCUT2D eigenvalue weighted by molar-refractivity contribution is 0.0957. The van der Waals surface area contributed by atoms with Gasteiger partial charge in [-0.3, -0.25) is 14.1 Å². The maximum atomic E-state index is 12.0. The number of nitrogens with zero attached hydrogens (tertiary/aromatic N) is 5.